The normalized spacial score (nSPS) is 11.3. The third-order valence-electron chi connectivity index (χ3n) is 22.2. The van der Waals surface area contributed by atoms with Gasteiger partial charge in [0.1, 0.15) is 34.5 Å². The van der Waals surface area contributed by atoms with Gasteiger partial charge in [-0.05, 0) is 163 Å². The van der Waals surface area contributed by atoms with Crippen molar-refractivity contribution < 1.29 is 71.4 Å². The minimum absolute atomic E-state index is 0.248. The predicted octanol–water partition coefficient (Wildman–Crippen LogP) is 30.2. The molecule has 0 aromatic heterocycles. The first-order chi connectivity index (χ1) is 57.4. The van der Waals surface area contributed by atoms with Crippen molar-refractivity contribution >= 4 is 35.8 Å². The predicted molar refractivity (Wildman–Crippen MR) is 473 cm³/mol. The van der Waals surface area contributed by atoms with Gasteiger partial charge in [-0.2, -0.15) is 0 Å². The van der Waals surface area contributed by atoms with E-state index in [0.29, 0.717) is 50.6 Å². The molecule has 0 N–H and O–H groups in total. The smallest absolute Gasteiger partial charge is 0.338 e. The van der Waals surface area contributed by atoms with E-state index in [9.17, 15) is 28.8 Å². The maximum Gasteiger partial charge on any atom is 0.338 e. The van der Waals surface area contributed by atoms with Crippen molar-refractivity contribution in [1.82, 2.24) is 0 Å². The minimum Gasteiger partial charge on any atom is -0.462 e. The van der Waals surface area contributed by atoms with E-state index in [2.05, 4.69) is 41.5 Å². The van der Waals surface area contributed by atoms with E-state index in [0.717, 1.165) is 154 Å². The molecule has 0 bridgehead atoms. The first-order valence-corrected chi connectivity index (χ1v) is 46.3. The van der Waals surface area contributed by atoms with Crippen molar-refractivity contribution in [3.63, 3.8) is 0 Å². The zero-order valence-corrected chi connectivity index (χ0v) is 72.7. The fourth-order valence-electron chi connectivity index (χ4n) is 15.2. The second-order valence-corrected chi connectivity index (χ2v) is 32.2. The lowest BCUT2D eigenvalue weighted by atomic mass is 10.1. The highest BCUT2D eigenvalue weighted by molar-refractivity contribution is 6.10. The average Bonchev–Trinajstić information content (AvgIpc) is 1.65. The van der Waals surface area contributed by atoms with Gasteiger partial charge in [0.05, 0.1) is 73.0 Å². The van der Waals surface area contributed by atoms with E-state index >= 15 is 0 Å². The first kappa shape index (κ1) is 95.7. The van der Waals surface area contributed by atoms with Crippen molar-refractivity contribution in [1.29, 1.82) is 0 Å². The Balaban J connectivity index is 1.24. The number of ether oxygens (including phenoxy) is 9. The van der Waals surface area contributed by atoms with Crippen molar-refractivity contribution in [3.05, 3.63) is 143 Å². The molecule has 6 aliphatic carbocycles. The molecule has 0 heterocycles. The van der Waals surface area contributed by atoms with Gasteiger partial charge in [-0.15, -0.1) is 0 Å². The van der Waals surface area contributed by atoms with E-state index in [1.807, 2.05) is 0 Å². The first-order valence-electron chi connectivity index (χ1n) is 46.3. The second kappa shape index (κ2) is 58.4. The summed E-state index contributed by atoms with van der Waals surface area (Å²) in [5.41, 5.74) is 4.48. The molecule has 6 aliphatic rings. The van der Waals surface area contributed by atoms with E-state index in [4.69, 9.17) is 42.6 Å². The molecule has 0 atom stereocenters. The number of esters is 6. The number of unbranched alkanes of at least 4 members (excludes halogenated alkanes) is 42. The number of carbonyl (C=O) groups is 6. The summed E-state index contributed by atoms with van der Waals surface area (Å²) >= 11 is 0. The highest BCUT2D eigenvalue weighted by atomic mass is 16.6. The van der Waals surface area contributed by atoms with Crippen LogP contribution in [0.25, 0.3) is 33.4 Å². The van der Waals surface area contributed by atoms with Gasteiger partial charge < -0.3 is 42.6 Å². The summed E-state index contributed by atoms with van der Waals surface area (Å²) < 4.78 is 56.0. The maximum absolute atomic E-state index is 14.2. The second-order valence-electron chi connectivity index (χ2n) is 32.2. The molecule has 15 nitrogen and oxygen atoms in total. The Morgan fingerprint density at radius 1 is 0.171 bits per heavy atom. The van der Waals surface area contributed by atoms with E-state index in [1.165, 1.54) is 154 Å². The molecule has 0 aliphatic heterocycles. The topological polar surface area (TPSA) is 185 Å². The molecular weight excluding hydrogens is 1470 g/mol. The Labute approximate surface area is 703 Å². The Morgan fingerprint density at radius 3 is 0.453 bits per heavy atom. The zero-order valence-electron chi connectivity index (χ0n) is 72.7. The zero-order chi connectivity index (χ0) is 83.1. The van der Waals surface area contributed by atoms with Gasteiger partial charge in [-0.25, -0.2) is 28.8 Å². The lowest BCUT2D eigenvalue weighted by Crippen LogP contribution is -2.07. The van der Waals surface area contributed by atoms with Crippen LogP contribution in [0.3, 0.4) is 0 Å². The van der Waals surface area contributed by atoms with Crippen LogP contribution in [0, 0.1) is 0 Å². The molecule has 1 aromatic rings. The van der Waals surface area contributed by atoms with Crippen LogP contribution < -0.4 is 14.2 Å². The Kier molecular flexibility index (Phi) is 47.8. The molecule has 0 spiro atoms. The Bertz CT molecular complexity index is 3260. The molecule has 117 heavy (non-hydrogen) atoms. The Hall–Kier alpha value is -8.46. The van der Waals surface area contributed by atoms with E-state index in [-0.39, 0.29) is 90.3 Å². The fourth-order valence-corrected chi connectivity index (χ4v) is 15.2. The lowest BCUT2D eigenvalue weighted by Gasteiger charge is -2.12. The van der Waals surface area contributed by atoms with Crippen molar-refractivity contribution in [2.24, 2.45) is 0 Å². The number of carbonyl (C=O) groups excluding carboxylic acids is 6. The molecule has 15 heteroatoms. The molecule has 0 fully saturated rings. The number of hydrogen-bond donors (Lipinski definition) is 0. The molecule has 0 amide bonds. The van der Waals surface area contributed by atoms with Gasteiger partial charge in [0.15, 0.2) is 0 Å². The van der Waals surface area contributed by atoms with Gasteiger partial charge in [-0.3, -0.25) is 0 Å². The SMILES string of the molecule is CCCCCCCCCCOC(=O)c1cc(C(=O)OCCCCCCCCCC)c2ccc(Oc3cc(Oc4ccc5c(C(=O)OCCCCCCCCCC)cc(C(=O)OCCCCCCCCCC)c-5cc4)cc(Oc4ccc5c(C(=O)OCCCCCCCCCC)cc(C(=O)OCCCCCCCCCC)c-5cc4)c3)ccc1-2. The molecule has 1 aromatic carbocycles. The molecule has 0 unspecified atom stereocenters. The average molecular weight is 1610 g/mol. The Morgan fingerprint density at radius 2 is 0.308 bits per heavy atom. The standard InChI is InChI=1S/C102H144O15/c1-7-13-19-25-31-37-43-49-67-109-97(103)91-76-92(98(104)110-68-50-44-38-32-26-20-14-8-2)86-62-56-79(55-61-85(86)91)115-82-73-83(116-80-57-63-87-88(64-58-80)94(100(106)112-70-52-46-40-34-28-22-16-10-4)77-93(87)99(105)111-69-51-45-39-33-27-21-15-9-3)75-84(74-82)117-81-59-65-89-90(66-60-81)96(102(108)114-72-54-48-42-36-30-24-18-12-6)78-95(89)101(107)113-71-53-47-41-35-29-23-17-11-5/h55-66,73-78H,7-54,67-72H2,1-6H3. The third-order valence-corrected chi connectivity index (χ3v) is 22.2. The van der Waals surface area contributed by atoms with Gasteiger partial charge in [-0.1, -0.05) is 311 Å². The quantitative estimate of drug-likeness (QED) is 0.0199. The van der Waals surface area contributed by atoms with Gasteiger partial charge in [0, 0.05) is 18.2 Å². The van der Waals surface area contributed by atoms with Crippen molar-refractivity contribution in [3.8, 4) is 67.9 Å². The summed E-state index contributed by atoms with van der Waals surface area (Å²) in [5, 5.41) is 0. The molecule has 0 saturated heterocycles. The number of benzene rings is 1. The van der Waals surface area contributed by atoms with Crippen LogP contribution in [-0.4, -0.2) is 75.5 Å². The fraction of sp³-hybridized carbons (Fsp3) is 0.588. The van der Waals surface area contributed by atoms with Gasteiger partial charge in [0.25, 0.3) is 0 Å². The number of hydrogen-bond acceptors (Lipinski definition) is 15. The summed E-state index contributed by atoms with van der Waals surface area (Å²) in [4.78, 5) is 85.1. The largest absolute Gasteiger partial charge is 0.462 e. The molecule has 7 rings (SSSR count). The maximum atomic E-state index is 14.2. The van der Waals surface area contributed by atoms with E-state index in [1.54, 1.807) is 109 Å². The molecule has 642 valence electrons. The van der Waals surface area contributed by atoms with Crippen LogP contribution >= 0.6 is 0 Å². The molecule has 0 saturated carbocycles. The minimum atomic E-state index is -0.529. The van der Waals surface area contributed by atoms with Crippen LogP contribution in [-0.2, 0) is 28.4 Å². The lowest BCUT2D eigenvalue weighted by molar-refractivity contribution is 0.0482. The van der Waals surface area contributed by atoms with Crippen LogP contribution in [0.1, 0.15) is 412 Å². The van der Waals surface area contributed by atoms with Crippen LogP contribution in [0.2, 0.25) is 0 Å². The summed E-state index contributed by atoms with van der Waals surface area (Å²) in [6.45, 7) is 14.8. The summed E-state index contributed by atoms with van der Waals surface area (Å²) in [7, 11) is 0. The highest BCUT2D eigenvalue weighted by Gasteiger charge is 2.30. The van der Waals surface area contributed by atoms with Crippen molar-refractivity contribution in [2.75, 3.05) is 39.6 Å². The number of fused-ring (bicyclic) bond motifs is 3. The van der Waals surface area contributed by atoms with Crippen LogP contribution in [0.5, 0.6) is 34.5 Å². The van der Waals surface area contributed by atoms with Gasteiger partial charge in [0.2, 0.25) is 0 Å². The summed E-state index contributed by atoms with van der Waals surface area (Å²) in [6, 6.07) is 30.8. The van der Waals surface area contributed by atoms with Crippen LogP contribution in [0.4, 0.5) is 0 Å². The van der Waals surface area contributed by atoms with E-state index < -0.39 is 35.8 Å². The summed E-state index contributed by atoms with van der Waals surface area (Å²) in [5.74, 6) is -1.34. The molecule has 0 radical (unpaired) electrons. The highest BCUT2D eigenvalue weighted by Crippen LogP contribution is 2.42. The third kappa shape index (κ3) is 35.6. The van der Waals surface area contributed by atoms with Crippen LogP contribution in [0.15, 0.2) is 109 Å². The monoisotopic (exact) mass is 1610 g/mol. The van der Waals surface area contributed by atoms with Gasteiger partial charge >= 0.3 is 35.8 Å². The summed E-state index contributed by atoms with van der Waals surface area (Å²) in [6.07, 6.45) is 52.6. The van der Waals surface area contributed by atoms with Crippen molar-refractivity contribution in [2.45, 2.75) is 350 Å². The molecular formula is C102H144O15. The number of rotatable bonds is 66.